The Labute approximate surface area is 191 Å². The van der Waals surface area contributed by atoms with Gasteiger partial charge in [0.25, 0.3) is 0 Å². The minimum Gasteiger partial charge on any atom is -0.465 e. The van der Waals surface area contributed by atoms with Crippen LogP contribution in [0.4, 0.5) is 45.5 Å². The first kappa shape index (κ1) is 24.1. The van der Waals surface area contributed by atoms with Crippen molar-refractivity contribution in [2.45, 2.75) is 6.30 Å². The maximum absolute atomic E-state index is 13.7. The quantitative estimate of drug-likeness (QED) is 0.358. The standard InChI is InChI=1S/C23H18F3N3O5/c1-34-20(30)15-6-5-9-19(14-15)28(22(32)33)17-10-12-18(13-11-17)29(23(24,25)26)21(31)27-16-7-3-2-4-8-16/h2-14H,1H3,(H,27,31)(H,32,33). The molecule has 0 unspecified atom stereocenters. The Morgan fingerprint density at radius 3 is 2.03 bits per heavy atom. The van der Waals surface area contributed by atoms with E-state index in [1.54, 1.807) is 18.2 Å². The number of halogens is 3. The van der Waals surface area contributed by atoms with Crippen molar-refractivity contribution < 1.29 is 37.4 Å². The van der Waals surface area contributed by atoms with Crippen molar-refractivity contribution in [2.75, 3.05) is 22.2 Å². The van der Waals surface area contributed by atoms with Crippen molar-refractivity contribution in [1.29, 1.82) is 0 Å². The lowest BCUT2D eigenvalue weighted by atomic mass is 10.1. The highest BCUT2D eigenvalue weighted by atomic mass is 19.4. The summed E-state index contributed by atoms with van der Waals surface area (Å²) in [6.07, 6.45) is -6.49. The number of rotatable bonds is 5. The summed E-state index contributed by atoms with van der Waals surface area (Å²) in [5.74, 6) is -0.687. The topological polar surface area (TPSA) is 99.2 Å². The summed E-state index contributed by atoms with van der Waals surface area (Å²) in [6, 6.07) is 15.9. The lowest BCUT2D eigenvalue weighted by molar-refractivity contribution is -0.120. The second kappa shape index (κ2) is 9.94. The Morgan fingerprint density at radius 2 is 1.47 bits per heavy atom. The molecule has 0 aromatic heterocycles. The fourth-order valence-electron chi connectivity index (χ4n) is 3.09. The molecule has 0 bridgehead atoms. The first-order chi connectivity index (χ1) is 16.1. The van der Waals surface area contributed by atoms with E-state index in [1.807, 2.05) is 0 Å². The van der Waals surface area contributed by atoms with Gasteiger partial charge in [0.15, 0.2) is 0 Å². The van der Waals surface area contributed by atoms with Gasteiger partial charge in [-0.15, -0.1) is 13.2 Å². The molecule has 0 radical (unpaired) electrons. The molecule has 0 aliphatic heterocycles. The van der Waals surface area contributed by atoms with Gasteiger partial charge < -0.3 is 15.2 Å². The second-order valence-electron chi connectivity index (χ2n) is 6.78. The number of hydrogen-bond donors (Lipinski definition) is 2. The molecule has 0 aliphatic carbocycles. The van der Waals surface area contributed by atoms with Crippen LogP contribution in [0, 0.1) is 0 Å². The summed E-state index contributed by atoms with van der Waals surface area (Å²) in [7, 11) is 1.17. The van der Waals surface area contributed by atoms with E-state index in [-0.39, 0.29) is 22.6 Å². The van der Waals surface area contributed by atoms with Crippen molar-refractivity contribution in [2.24, 2.45) is 0 Å². The van der Waals surface area contributed by atoms with Crippen LogP contribution in [0.2, 0.25) is 0 Å². The van der Waals surface area contributed by atoms with E-state index in [2.05, 4.69) is 10.1 Å². The molecule has 3 aromatic carbocycles. The number of amides is 3. The van der Waals surface area contributed by atoms with Gasteiger partial charge in [-0.2, -0.15) is 0 Å². The molecule has 34 heavy (non-hydrogen) atoms. The van der Waals surface area contributed by atoms with Crippen molar-refractivity contribution in [3.05, 3.63) is 84.4 Å². The number of urea groups is 1. The van der Waals surface area contributed by atoms with Crippen LogP contribution < -0.4 is 15.1 Å². The lowest BCUT2D eigenvalue weighted by Crippen LogP contribution is -2.45. The number of methoxy groups -OCH3 is 1. The highest BCUT2D eigenvalue weighted by Crippen LogP contribution is 2.33. The summed E-state index contributed by atoms with van der Waals surface area (Å²) in [5.41, 5.74) is -0.218. The number of benzene rings is 3. The average Bonchev–Trinajstić information content (AvgIpc) is 2.79. The number of esters is 1. The third kappa shape index (κ3) is 5.44. The molecule has 3 aromatic rings. The molecule has 8 nitrogen and oxygen atoms in total. The highest BCUT2D eigenvalue weighted by molar-refractivity contribution is 6.03. The van der Waals surface area contributed by atoms with Crippen molar-refractivity contribution >= 4 is 40.8 Å². The lowest BCUT2D eigenvalue weighted by Gasteiger charge is -2.26. The summed E-state index contributed by atoms with van der Waals surface area (Å²) in [5, 5.41) is 11.9. The molecule has 0 spiro atoms. The van der Waals surface area contributed by atoms with Crippen molar-refractivity contribution in [3.8, 4) is 0 Å². The Bertz CT molecular complexity index is 1180. The van der Waals surface area contributed by atoms with Crippen LogP contribution in [-0.2, 0) is 4.74 Å². The van der Waals surface area contributed by atoms with E-state index in [4.69, 9.17) is 0 Å². The molecule has 0 fully saturated rings. The molecular formula is C23H18F3N3O5. The summed E-state index contributed by atoms with van der Waals surface area (Å²) >= 11 is 0. The molecule has 0 atom stereocenters. The van der Waals surface area contributed by atoms with Gasteiger partial charge in [0.2, 0.25) is 0 Å². The van der Waals surface area contributed by atoms with Gasteiger partial charge in [-0.1, -0.05) is 24.3 Å². The number of hydrogen-bond acceptors (Lipinski definition) is 4. The van der Waals surface area contributed by atoms with Crippen LogP contribution in [0.25, 0.3) is 0 Å². The number of carboxylic acid groups (broad SMARTS) is 1. The van der Waals surface area contributed by atoms with Gasteiger partial charge in [0, 0.05) is 5.69 Å². The van der Waals surface area contributed by atoms with Gasteiger partial charge in [0.1, 0.15) is 0 Å². The molecule has 2 N–H and O–H groups in total. The predicted octanol–water partition coefficient (Wildman–Crippen LogP) is 5.85. The number of carbonyl (C=O) groups excluding carboxylic acids is 2. The summed E-state index contributed by atoms with van der Waals surface area (Å²) in [6.45, 7) is 0. The number of nitrogens with zero attached hydrogens (tertiary/aromatic N) is 2. The third-order valence-electron chi connectivity index (χ3n) is 4.56. The van der Waals surface area contributed by atoms with E-state index in [1.165, 1.54) is 43.5 Å². The van der Waals surface area contributed by atoms with Crippen LogP contribution in [-0.4, -0.2) is 36.6 Å². The summed E-state index contributed by atoms with van der Waals surface area (Å²) in [4.78, 5) is 36.4. The normalized spacial score (nSPS) is 10.8. The molecule has 3 amide bonds. The number of para-hydroxylation sites is 1. The van der Waals surface area contributed by atoms with Gasteiger partial charge in [-0.25, -0.2) is 24.2 Å². The van der Waals surface area contributed by atoms with Gasteiger partial charge in [-0.3, -0.25) is 0 Å². The molecule has 0 heterocycles. The Morgan fingerprint density at radius 1 is 0.853 bits per heavy atom. The first-order valence-electron chi connectivity index (χ1n) is 9.66. The molecule has 0 saturated carbocycles. The SMILES string of the molecule is COC(=O)c1cccc(N(C(=O)O)c2ccc(N(C(=O)Nc3ccccc3)C(F)(F)F)cc2)c1. The minimum absolute atomic E-state index is 0.0103. The Balaban J connectivity index is 1.93. The number of alkyl halides is 3. The average molecular weight is 473 g/mol. The smallest absolute Gasteiger partial charge is 0.465 e. The maximum atomic E-state index is 13.7. The van der Waals surface area contributed by atoms with Gasteiger partial charge >= 0.3 is 24.4 Å². The van der Waals surface area contributed by atoms with E-state index in [9.17, 15) is 32.7 Å². The minimum atomic E-state index is -5.05. The third-order valence-corrected chi connectivity index (χ3v) is 4.56. The zero-order valence-electron chi connectivity index (χ0n) is 17.6. The van der Waals surface area contributed by atoms with Gasteiger partial charge in [0.05, 0.1) is 29.7 Å². The molecular weight excluding hydrogens is 455 g/mol. The van der Waals surface area contributed by atoms with E-state index >= 15 is 0 Å². The van der Waals surface area contributed by atoms with Crippen LogP contribution in [0.5, 0.6) is 0 Å². The fourth-order valence-corrected chi connectivity index (χ4v) is 3.09. The molecule has 0 saturated heterocycles. The first-order valence-corrected chi connectivity index (χ1v) is 9.66. The molecule has 0 aliphatic rings. The second-order valence-corrected chi connectivity index (χ2v) is 6.78. The summed E-state index contributed by atoms with van der Waals surface area (Å²) < 4.78 is 45.7. The number of ether oxygens (including phenoxy) is 1. The van der Waals surface area contributed by atoms with Crippen molar-refractivity contribution in [1.82, 2.24) is 0 Å². The fraction of sp³-hybridized carbons (Fsp3) is 0.0870. The van der Waals surface area contributed by atoms with Crippen molar-refractivity contribution in [3.63, 3.8) is 0 Å². The molecule has 176 valence electrons. The Kier molecular flexibility index (Phi) is 7.05. The molecule has 11 heteroatoms. The molecule has 3 rings (SSSR count). The van der Waals surface area contributed by atoms with E-state index in [0.717, 1.165) is 29.2 Å². The monoisotopic (exact) mass is 473 g/mol. The number of nitrogens with one attached hydrogen (secondary N) is 1. The largest absolute Gasteiger partial charge is 0.493 e. The van der Waals surface area contributed by atoms with Crippen LogP contribution in [0.1, 0.15) is 10.4 Å². The van der Waals surface area contributed by atoms with E-state index in [0.29, 0.717) is 0 Å². The predicted molar refractivity (Wildman–Crippen MR) is 118 cm³/mol. The van der Waals surface area contributed by atoms with Gasteiger partial charge in [-0.05, 0) is 54.6 Å². The highest BCUT2D eigenvalue weighted by Gasteiger charge is 2.42. The van der Waals surface area contributed by atoms with E-state index < -0.39 is 35.0 Å². The number of carbonyl (C=O) groups is 3. The number of anilines is 4. The maximum Gasteiger partial charge on any atom is 0.493 e. The van der Waals surface area contributed by atoms with Crippen LogP contribution >= 0.6 is 0 Å². The zero-order chi connectivity index (χ0) is 24.9. The Hall–Kier alpha value is -4.54. The van der Waals surface area contributed by atoms with Crippen LogP contribution in [0.3, 0.4) is 0 Å². The van der Waals surface area contributed by atoms with Crippen LogP contribution in [0.15, 0.2) is 78.9 Å². The zero-order valence-corrected chi connectivity index (χ0v) is 17.6.